The van der Waals surface area contributed by atoms with Crippen LogP contribution in [0.2, 0.25) is 0 Å². The van der Waals surface area contributed by atoms with Crippen LogP contribution < -0.4 is 17.0 Å². The first-order valence-corrected chi connectivity index (χ1v) is 5.34. The van der Waals surface area contributed by atoms with Crippen molar-refractivity contribution >= 4 is 17.9 Å². The number of carboxylic acid groups (broad SMARTS) is 2. The Hall–Kier alpha value is -2.09. The first-order valence-electron chi connectivity index (χ1n) is 5.34. The minimum atomic E-state index is -1.26. The maximum Gasteiger partial charge on any atom is 0.328 e. The van der Waals surface area contributed by atoms with Gasteiger partial charge in [0.15, 0.2) is 0 Å². The minimum Gasteiger partial charge on any atom is -0.478 e. The van der Waals surface area contributed by atoms with Crippen molar-refractivity contribution in [2.75, 3.05) is 6.54 Å². The molecule has 0 radical (unpaired) electrons. The standard InChI is InChI=1S/C6H16N4.C4H4O4/c1-2-3-4-5-9-6(7)10-8;5-3(6)1-2-4(7)8/h2-5,8H2,1H3,(H3,7,9,10);1-2H,(H,5,6)(H,7,8)/b;2-1-. The lowest BCUT2D eigenvalue weighted by atomic mass is 10.2. The van der Waals surface area contributed by atoms with E-state index >= 15 is 0 Å². The highest BCUT2D eigenvalue weighted by Gasteiger charge is 1.88. The average Bonchev–Trinajstić information content (AvgIpc) is 2.32. The quantitative estimate of drug-likeness (QED) is 0.109. The van der Waals surface area contributed by atoms with E-state index in [0.717, 1.165) is 13.0 Å². The molecule has 104 valence electrons. The summed E-state index contributed by atoms with van der Waals surface area (Å²) in [5, 5.41) is 15.6. The molecule has 0 aromatic heterocycles. The molecule has 0 saturated carbocycles. The van der Waals surface area contributed by atoms with Crippen molar-refractivity contribution in [2.24, 2.45) is 16.6 Å². The molecule has 0 aromatic carbocycles. The summed E-state index contributed by atoms with van der Waals surface area (Å²) < 4.78 is 0. The van der Waals surface area contributed by atoms with Crippen molar-refractivity contribution < 1.29 is 19.8 Å². The second-order valence-corrected chi connectivity index (χ2v) is 3.13. The molecule has 18 heavy (non-hydrogen) atoms. The summed E-state index contributed by atoms with van der Waals surface area (Å²) in [6.45, 7) is 2.91. The zero-order valence-electron chi connectivity index (χ0n) is 10.3. The van der Waals surface area contributed by atoms with E-state index in [0.29, 0.717) is 18.1 Å². The number of aliphatic carboxylic acids is 2. The average molecular weight is 260 g/mol. The van der Waals surface area contributed by atoms with Crippen molar-refractivity contribution in [3.63, 3.8) is 0 Å². The number of hydrogen-bond donors (Lipinski definition) is 5. The molecule has 0 fully saturated rings. The summed E-state index contributed by atoms with van der Waals surface area (Å²) in [4.78, 5) is 23.0. The van der Waals surface area contributed by atoms with Gasteiger partial charge in [0.25, 0.3) is 0 Å². The Morgan fingerprint density at radius 3 is 2.06 bits per heavy atom. The first-order chi connectivity index (χ1) is 8.43. The molecular weight excluding hydrogens is 240 g/mol. The summed E-state index contributed by atoms with van der Waals surface area (Å²) in [5.74, 6) is 2.78. The van der Waals surface area contributed by atoms with Gasteiger partial charge >= 0.3 is 11.9 Å². The topological polar surface area (TPSA) is 151 Å². The molecule has 0 saturated heterocycles. The minimum absolute atomic E-state index is 0.316. The molecule has 0 atom stereocenters. The highest BCUT2D eigenvalue weighted by Crippen LogP contribution is 1.92. The number of nitrogens with two attached hydrogens (primary N) is 2. The Kier molecular flexibility index (Phi) is 13.2. The fourth-order valence-electron chi connectivity index (χ4n) is 0.750. The number of nitrogens with one attached hydrogen (secondary N) is 1. The lowest BCUT2D eigenvalue weighted by Crippen LogP contribution is -2.37. The molecule has 0 aliphatic rings. The number of guanidine groups is 1. The lowest BCUT2D eigenvalue weighted by Gasteiger charge is -1.97. The SMILES string of the molecule is CCCCCN=C(N)NN.O=C(O)/C=C\C(=O)O. The highest BCUT2D eigenvalue weighted by atomic mass is 16.4. The molecule has 0 amide bonds. The van der Waals surface area contributed by atoms with Gasteiger partial charge in [-0.15, -0.1) is 0 Å². The van der Waals surface area contributed by atoms with Gasteiger partial charge in [-0.2, -0.15) is 0 Å². The Bertz CT molecular complexity index is 286. The van der Waals surface area contributed by atoms with Crippen molar-refractivity contribution in [3.05, 3.63) is 12.2 Å². The van der Waals surface area contributed by atoms with Gasteiger partial charge in [0, 0.05) is 18.7 Å². The predicted octanol–water partition coefficient (Wildman–Crippen LogP) is -0.334. The molecule has 0 aromatic rings. The second-order valence-electron chi connectivity index (χ2n) is 3.13. The second kappa shape index (κ2) is 13.0. The number of rotatable bonds is 6. The number of hydrogen-bond acceptors (Lipinski definition) is 4. The number of aliphatic imine (C=N–C) groups is 1. The Morgan fingerprint density at radius 2 is 1.72 bits per heavy atom. The largest absolute Gasteiger partial charge is 0.478 e. The van der Waals surface area contributed by atoms with Crippen LogP contribution in [-0.4, -0.2) is 34.7 Å². The molecule has 0 bridgehead atoms. The van der Waals surface area contributed by atoms with E-state index in [2.05, 4.69) is 17.3 Å². The molecule has 7 N–H and O–H groups in total. The molecule has 8 nitrogen and oxygen atoms in total. The van der Waals surface area contributed by atoms with Gasteiger partial charge in [-0.1, -0.05) is 19.8 Å². The van der Waals surface area contributed by atoms with Crippen LogP contribution in [0.1, 0.15) is 26.2 Å². The van der Waals surface area contributed by atoms with Crippen LogP contribution in [0.3, 0.4) is 0 Å². The fourth-order valence-corrected chi connectivity index (χ4v) is 0.750. The molecule has 8 heteroatoms. The summed E-state index contributed by atoms with van der Waals surface area (Å²) in [7, 11) is 0. The Morgan fingerprint density at radius 1 is 1.22 bits per heavy atom. The lowest BCUT2D eigenvalue weighted by molar-refractivity contribution is -0.134. The van der Waals surface area contributed by atoms with Gasteiger partial charge < -0.3 is 15.9 Å². The molecule has 0 heterocycles. The summed E-state index contributed by atoms with van der Waals surface area (Å²) in [6.07, 6.45) is 4.59. The zero-order valence-corrected chi connectivity index (χ0v) is 10.3. The van der Waals surface area contributed by atoms with E-state index in [-0.39, 0.29) is 0 Å². The van der Waals surface area contributed by atoms with Crippen LogP contribution in [0.5, 0.6) is 0 Å². The fraction of sp³-hybridized carbons (Fsp3) is 0.500. The Balaban J connectivity index is 0. The van der Waals surface area contributed by atoms with Crippen molar-refractivity contribution in [3.8, 4) is 0 Å². The molecule has 0 aliphatic carbocycles. The third-order valence-electron chi connectivity index (χ3n) is 1.56. The third kappa shape index (κ3) is 19.5. The van der Waals surface area contributed by atoms with Gasteiger partial charge in [0.1, 0.15) is 0 Å². The van der Waals surface area contributed by atoms with E-state index in [1.54, 1.807) is 0 Å². The highest BCUT2D eigenvalue weighted by molar-refractivity contribution is 5.89. The number of hydrazine groups is 1. The Labute approximate surface area is 105 Å². The smallest absolute Gasteiger partial charge is 0.328 e. The molecule has 0 aliphatic heterocycles. The molecular formula is C10H20N4O4. The molecule has 0 rings (SSSR count). The van der Waals surface area contributed by atoms with Crippen LogP contribution in [0.4, 0.5) is 0 Å². The van der Waals surface area contributed by atoms with E-state index in [1.165, 1.54) is 12.8 Å². The first kappa shape index (κ1) is 18.3. The van der Waals surface area contributed by atoms with Crippen LogP contribution in [-0.2, 0) is 9.59 Å². The van der Waals surface area contributed by atoms with Gasteiger partial charge in [-0.05, 0) is 6.42 Å². The van der Waals surface area contributed by atoms with Crippen LogP contribution in [0.25, 0.3) is 0 Å². The molecule has 0 spiro atoms. The van der Waals surface area contributed by atoms with Crippen LogP contribution >= 0.6 is 0 Å². The summed E-state index contributed by atoms with van der Waals surface area (Å²) in [6, 6.07) is 0. The molecule has 0 unspecified atom stereocenters. The number of carboxylic acids is 2. The van der Waals surface area contributed by atoms with Gasteiger partial charge in [0.2, 0.25) is 5.96 Å². The monoisotopic (exact) mass is 260 g/mol. The predicted molar refractivity (Wildman–Crippen MR) is 67.7 cm³/mol. The van der Waals surface area contributed by atoms with E-state index in [4.69, 9.17) is 21.8 Å². The summed E-state index contributed by atoms with van der Waals surface area (Å²) in [5.41, 5.74) is 7.54. The van der Waals surface area contributed by atoms with Gasteiger partial charge in [-0.3, -0.25) is 10.4 Å². The van der Waals surface area contributed by atoms with Gasteiger partial charge in [0.05, 0.1) is 0 Å². The van der Waals surface area contributed by atoms with Crippen LogP contribution in [0.15, 0.2) is 17.1 Å². The summed E-state index contributed by atoms with van der Waals surface area (Å²) >= 11 is 0. The van der Waals surface area contributed by atoms with Crippen molar-refractivity contribution in [1.29, 1.82) is 0 Å². The van der Waals surface area contributed by atoms with Crippen molar-refractivity contribution in [2.45, 2.75) is 26.2 Å². The van der Waals surface area contributed by atoms with Crippen molar-refractivity contribution in [1.82, 2.24) is 5.43 Å². The third-order valence-corrected chi connectivity index (χ3v) is 1.56. The normalized spacial score (nSPS) is 10.7. The zero-order chi connectivity index (χ0) is 14.4. The number of unbranched alkanes of at least 4 members (excludes halogenated alkanes) is 2. The number of carbonyl (C=O) groups is 2. The van der Waals surface area contributed by atoms with Gasteiger partial charge in [-0.25, -0.2) is 15.4 Å². The maximum absolute atomic E-state index is 9.55. The van der Waals surface area contributed by atoms with E-state index < -0.39 is 11.9 Å². The van der Waals surface area contributed by atoms with E-state index in [1.807, 2.05) is 0 Å². The maximum atomic E-state index is 9.55. The number of nitrogens with zero attached hydrogens (tertiary/aromatic N) is 1. The van der Waals surface area contributed by atoms with E-state index in [9.17, 15) is 9.59 Å². The van der Waals surface area contributed by atoms with Crippen LogP contribution in [0, 0.1) is 0 Å².